The van der Waals surface area contributed by atoms with Crippen LogP contribution in [0.15, 0.2) is 24.3 Å². The van der Waals surface area contributed by atoms with E-state index in [-0.39, 0.29) is 5.69 Å². The smallest absolute Gasteiger partial charge is 0.294 e. The first-order valence-corrected chi connectivity index (χ1v) is 7.54. The van der Waals surface area contributed by atoms with Gasteiger partial charge in [-0.1, -0.05) is 31.9 Å². The molecule has 0 radical (unpaired) electrons. The number of nitro groups is 1. The van der Waals surface area contributed by atoms with Crippen LogP contribution in [0.3, 0.4) is 0 Å². The highest BCUT2D eigenvalue weighted by molar-refractivity contribution is 7.80. The molecule has 3 N–H and O–H groups in total. The van der Waals surface area contributed by atoms with E-state index in [0.717, 1.165) is 6.42 Å². The molecule has 1 aromatic rings. The molecule has 2 rings (SSSR count). The van der Waals surface area contributed by atoms with Crippen LogP contribution in [0.1, 0.15) is 32.6 Å². The van der Waals surface area contributed by atoms with Gasteiger partial charge in [0, 0.05) is 12.1 Å². The molecule has 0 heterocycles. The number of nitro benzene ring substituents is 1. The van der Waals surface area contributed by atoms with E-state index in [0.29, 0.717) is 22.8 Å². The van der Waals surface area contributed by atoms with E-state index >= 15 is 0 Å². The molecule has 7 heteroatoms. The summed E-state index contributed by atoms with van der Waals surface area (Å²) in [5, 5.41) is 14.7. The van der Waals surface area contributed by atoms with Crippen molar-refractivity contribution in [1.29, 1.82) is 0 Å². The van der Waals surface area contributed by atoms with Gasteiger partial charge in [0.25, 0.3) is 5.69 Å². The topological polar surface area (TPSA) is 79.2 Å². The summed E-state index contributed by atoms with van der Waals surface area (Å²) in [6.07, 6.45) is 4.79. The van der Waals surface area contributed by atoms with Gasteiger partial charge in [-0.25, -0.2) is 0 Å². The number of nitrogens with one attached hydrogen (secondary N) is 3. The largest absolute Gasteiger partial charge is 0.358 e. The zero-order valence-electron chi connectivity index (χ0n) is 12.0. The quantitative estimate of drug-likeness (QED) is 0.451. The lowest BCUT2D eigenvalue weighted by Gasteiger charge is -2.30. The van der Waals surface area contributed by atoms with Crippen LogP contribution < -0.4 is 16.2 Å². The third-order valence-corrected chi connectivity index (χ3v) is 4.06. The number of nitrogens with zero attached hydrogens (tertiary/aromatic N) is 1. The molecule has 2 atom stereocenters. The van der Waals surface area contributed by atoms with Crippen LogP contribution in [0.5, 0.6) is 0 Å². The van der Waals surface area contributed by atoms with Gasteiger partial charge in [0.1, 0.15) is 5.69 Å². The first kappa shape index (κ1) is 15.5. The SMILES string of the molecule is C[C@H]1CCCC[C@H]1NC(=S)NNc1ccccc1[N+](=O)[O-]. The molecule has 0 saturated heterocycles. The second-order valence-electron chi connectivity index (χ2n) is 5.37. The summed E-state index contributed by atoms with van der Waals surface area (Å²) in [5.41, 5.74) is 6.04. The van der Waals surface area contributed by atoms with Gasteiger partial charge in [0.2, 0.25) is 0 Å². The highest BCUT2D eigenvalue weighted by atomic mass is 32.1. The average Bonchev–Trinajstić information content (AvgIpc) is 2.48. The predicted octanol–water partition coefficient (Wildman–Crippen LogP) is 2.96. The first-order valence-electron chi connectivity index (χ1n) is 7.14. The summed E-state index contributed by atoms with van der Waals surface area (Å²) in [6.45, 7) is 2.22. The van der Waals surface area contributed by atoms with Gasteiger partial charge in [0.15, 0.2) is 5.11 Å². The lowest BCUT2D eigenvalue weighted by molar-refractivity contribution is -0.384. The lowest BCUT2D eigenvalue weighted by atomic mass is 9.86. The van der Waals surface area contributed by atoms with Gasteiger partial charge >= 0.3 is 0 Å². The van der Waals surface area contributed by atoms with Crippen molar-refractivity contribution in [3.63, 3.8) is 0 Å². The third kappa shape index (κ3) is 4.29. The van der Waals surface area contributed by atoms with Gasteiger partial charge in [-0.2, -0.15) is 0 Å². The van der Waals surface area contributed by atoms with Crippen LogP contribution in [0.25, 0.3) is 0 Å². The Balaban J connectivity index is 1.88. The Hall–Kier alpha value is -1.89. The fourth-order valence-corrected chi connectivity index (χ4v) is 2.80. The maximum atomic E-state index is 10.9. The summed E-state index contributed by atoms with van der Waals surface area (Å²) in [4.78, 5) is 10.5. The molecule has 21 heavy (non-hydrogen) atoms. The van der Waals surface area contributed by atoms with Crippen molar-refractivity contribution in [1.82, 2.24) is 10.7 Å². The fraction of sp³-hybridized carbons (Fsp3) is 0.500. The Labute approximate surface area is 129 Å². The van der Waals surface area contributed by atoms with E-state index in [9.17, 15) is 10.1 Å². The maximum absolute atomic E-state index is 10.9. The molecule has 0 bridgehead atoms. The van der Waals surface area contributed by atoms with Crippen molar-refractivity contribution in [2.45, 2.75) is 38.6 Å². The van der Waals surface area contributed by atoms with Crippen LogP contribution in [0, 0.1) is 16.0 Å². The molecule has 1 aliphatic rings. The molecule has 1 saturated carbocycles. The number of para-hydroxylation sites is 2. The summed E-state index contributed by atoms with van der Waals surface area (Å²) < 4.78 is 0. The lowest BCUT2D eigenvalue weighted by Crippen LogP contribution is -2.47. The molecular weight excluding hydrogens is 288 g/mol. The normalized spacial score (nSPS) is 21.4. The standard InChI is InChI=1S/C14H20N4O2S/c1-10-6-2-3-7-11(10)15-14(21)17-16-12-8-4-5-9-13(12)18(19)20/h4-5,8-11,16H,2-3,6-7H2,1H3,(H2,15,17,21)/t10-,11+/m0/s1. The van der Waals surface area contributed by atoms with E-state index in [1.54, 1.807) is 18.2 Å². The molecule has 114 valence electrons. The molecule has 0 unspecified atom stereocenters. The van der Waals surface area contributed by atoms with Crippen LogP contribution in [0.4, 0.5) is 11.4 Å². The number of rotatable bonds is 4. The average molecular weight is 308 g/mol. The zero-order chi connectivity index (χ0) is 15.2. The number of anilines is 1. The van der Waals surface area contributed by atoms with Gasteiger partial charge in [0.05, 0.1) is 4.92 Å². The van der Waals surface area contributed by atoms with Crippen molar-refractivity contribution in [3.8, 4) is 0 Å². The number of benzene rings is 1. The monoisotopic (exact) mass is 308 g/mol. The maximum Gasteiger partial charge on any atom is 0.294 e. The van der Waals surface area contributed by atoms with Gasteiger partial charge in [-0.3, -0.25) is 21.0 Å². The highest BCUT2D eigenvalue weighted by Crippen LogP contribution is 2.24. The molecule has 0 spiro atoms. The predicted molar refractivity (Wildman–Crippen MR) is 87.0 cm³/mol. The molecule has 1 aliphatic carbocycles. The van der Waals surface area contributed by atoms with Crippen LogP contribution in [-0.4, -0.2) is 16.1 Å². The number of hydrazine groups is 1. The highest BCUT2D eigenvalue weighted by Gasteiger charge is 2.21. The van der Waals surface area contributed by atoms with Crippen molar-refractivity contribution in [2.75, 3.05) is 5.43 Å². The molecule has 0 amide bonds. The summed E-state index contributed by atoms with van der Waals surface area (Å²) in [7, 11) is 0. The third-order valence-electron chi connectivity index (χ3n) is 3.84. The molecule has 1 fully saturated rings. The second-order valence-corrected chi connectivity index (χ2v) is 5.77. The minimum atomic E-state index is -0.427. The minimum absolute atomic E-state index is 0.0128. The number of hydrogen-bond donors (Lipinski definition) is 3. The number of hydrogen-bond acceptors (Lipinski definition) is 4. The number of thiocarbonyl (C=S) groups is 1. The van der Waals surface area contributed by atoms with E-state index < -0.39 is 4.92 Å². The van der Waals surface area contributed by atoms with E-state index in [1.165, 1.54) is 25.3 Å². The van der Waals surface area contributed by atoms with Gasteiger partial charge in [-0.15, -0.1) is 0 Å². The minimum Gasteiger partial charge on any atom is -0.358 e. The van der Waals surface area contributed by atoms with Crippen molar-refractivity contribution in [3.05, 3.63) is 34.4 Å². The van der Waals surface area contributed by atoms with Crippen LogP contribution >= 0.6 is 12.2 Å². The molecule has 6 nitrogen and oxygen atoms in total. The van der Waals surface area contributed by atoms with E-state index in [4.69, 9.17) is 12.2 Å². The molecule has 0 aliphatic heterocycles. The van der Waals surface area contributed by atoms with Crippen LogP contribution in [-0.2, 0) is 0 Å². The van der Waals surface area contributed by atoms with Crippen molar-refractivity contribution < 1.29 is 4.92 Å². The van der Waals surface area contributed by atoms with Gasteiger partial charge in [-0.05, 0) is 37.0 Å². The Morgan fingerprint density at radius 1 is 1.33 bits per heavy atom. The summed E-state index contributed by atoms with van der Waals surface area (Å²) in [5.74, 6) is 0.588. The fourth-order valence-electron chi connectivity index (χ4n) is 2.60. The Morgan fingerprint density at radius 2 is 2.05 bits per heavy atom. The van der Waals surface area contributed by atoms with Crippen molar-refractivity contribution in [2.24, 2.45) is 5.92 Å². The molecule has 0 aromatic heterocycles. The molecular formula is C14H20N4O2S. The van der Waals surface area contributed by atoms with Gasteiger partial charge < -0.3 is 5.32 Å². The van der Waals surface area contributed by atoms with E-state index in [1.807, 2.05) is 0 Å². The second kappa shape index (κ2) is 7.21. The Kier molecular flexibility index (Phi) is 5.32. The zero-order valence-corrected chi connectivity index (χ0v) is 12.8. The Bertz CT molecular complexity index is 523. The molecule has 1 aromatic carbocycles. The summed E-state index contributed by atoms with van der Waals surface area (Å²) >= 11 is 5.24. The first-order chi connectivity index (χ1) is 10.1. The summed E-state index contributed by atoms with van der Waals surface area (Å²) in [6, 6.07) is 6.81. The van der Waals surface area contributed by atoms with E-state index in [2.05, 4.69) is 23.1 Å². The van der Waals surface area contributed by atoms with Crippen LogP contribution in [0.2, 0.25) is 0 Å². The van der Waals surface area contributed by atoms with Crippen molar-refractivity contribution >= 4 is 28.7 Å². The Morgan fingerprint density at radius 3 is 2.76 bits per heavy atom.